The number of ether oxygens (including phenoxy) is 2. The zero-order valence-corrected chi connectivity index (χ0v) is 12.7. The van der Waals surface area contributed by atoms with Gasteiger partial charge in [0, 0.05) is 24.4 Å². The zero-order chi connectivity index (χ0) is 14.1. The largest absolute Gasteiger partial charge is 0.348 e. The molecule has 6 nitrogen and oxygen atoms in total. The van der Waals surface area contributed by atoms with Gasteiger partial charge in [-0.2, -0.15) is 17.9 Å². The van der Waals surface area contributed by atoms with Gasteiger partial charge in [-0.1, -0.05) is 0 Å². The van der Waals surface area contributed by atoms with Crippen LogP contribution in [0.5, 0.6) is 0 Å². The second-order valence-corrected chi connectivity index (χ2v) is 7.80. The predicted molar refractivity (Wildman–Crippen MR) is 71.8 cm³/mol. The summed E-state index contributed by atoms with van der Waals surface area (Å²) in [7, 11) is -3.46. The van der Waals surface area contributed by atoms with Crippen molar-refractivity contribution in [1.82, 2.24) is 9.44 Å². The first-order valence-electron chi connectivity index (χ1n) is 6.79. The molecule has 0 aromatic rings. The minimum absolute atomic E-state index is 0.0433. The Morgan fingerprint density at radius 1 is 1.11 bits per heavy atom. The number of rotatable bonds is 3. The number of hydrogen-bond acceptors (Lipinski definition) is 4. The molecule has 1 spiro atoms. The van der Waals surface area contributed by atoms with Crippen molar-refractivity contribution in [3.8, 4) is 0 Å². The van der Waals surface area contributed by atoms with E-state index in [0.717, 1.165) is 25.7 Å². The van der Waals surface area contributed by atoms with Gasteiger partial charge in [-0.25, -0.2) is 0 Å². The molecule has 0 amide bonds. The van der Waals surface area contributed by atoms with Crippen molar-refractivity contribution in [3.05, 3.63) is 0 Å². The van der Waals surface area contributed by atoms with E-state index in [1.54, 1.807) is 0 Å². The van der Waals surface area contributed by atoms with E-state index in [1.165, 1.54) is 0 Å². The molecule has 0 atom stereocenters. The first-order chi connectivity index (χ1) is 8.70. The van der Waals surface area contributed by atoms with Crippen LogP contribution in [0.4, 0.5) is 0 Å². The molecule has 2 rings (SSSR count). The van der Waals surface area contributed by atoms with Crippen molar-refractivity contribution < 1.29 is 17.9 Å². The zero-order valence-electron chi connectivity index (χ0n) is 11.9. The molecule has 112 valence electrons. The van der Waals surface area contributed by atoms with Gasteiger partial charge in [0.1, 0.15) is 0 Å². The molecule has 1 saturated heterocycles. The van der Waals surface area contributed by atoms with E-state index in [-0.39, 0.29) is 6.04 Å². The van der Waals surface area contributed by atoms with E-state index in [1.807, 2.05) is 20.8 Å². The summed E-state index contributed by atoms with van der Waals surface area (Å²) < 4.78 is 40.4. The normalized spacial score (nSPS) is 25.0. The molecule has 0 radical (unpaired) electrons. The Bertz CT molecular complexity index is 400. The van der Waals surface area contributed by atoms with Crippen molar-refractivity contribution in [2.24, 2.45) is 0 Å². The summed E-state index contributed by atoms with van der Waals surface area (Å²) in [6.07, 6.45) is 2.97. The van der Waals surface area contributed by atoms with Crippen LogP contribution in [0.25, 0.3) is 0 Å². The van der Waals surface area contributed by atoms with Gasteiger partial charge in [-0.3, -0.25) is 0 Å². The summed E-state index contributed by atoms with van der Waals surface area (Å²) in [6, 6.07) is -0.0433. The lowest BCUT2D eigenvalue weighted by molar-refractivity contribution is -0.178. The summed E-state index contributed by atoms with van der Waals surface area (Å²) in [6.45, 7) is 6.75. The van der Waals surface area contributed by atoms with Gasteiger partial charge >= 0.3 is 0 Å². The van der Waals surface area contributed by atoms with E-state index in [0.29, 0.717) is 13.2 Å². The van der Waals surface area contributed by atoms with Gasteiger partial charge in [0.25, 0.3) is 10.2 Å². The summed E-state index contributed by atoms with van der Waals surface area (Å²) in [5.74, 6) is -0.445. The van der Waals surface area contributed by atoms with E-state index < -0.39 is 21.5 Å². The highest BCUT2D eigenvalue weighted by Crippen LogP contribution is 2.35. The van der Waals surface area contributed by atoms with Crippen molar-refractivity contribution in [2.75, 3.05) is 13.2 Å². The molecular formula is C12H24N2O4S. The fraction of sp³-hybridized carbons (Fsp3) is 1.00. The molecule has 0 aromatic carbocycles. The number of hydrogen-bond donors (Lipinski definition) is 2. The highest BCUT2D eigenvalue weighted by Gasteiger charge is 2.41. The second-order valence-electron chi connectivity index (χ2n) is 6.36. The highest BCUT2D eigenvalue weighted by atomic mass is 32.2. The third-order valence-corrected chi connectivity index (χ3v) is 4.85. The fourth-order valence-electron chi connectivity index (χ4n) is 2.61. The van der Waals surface area contributed by atoms with E-state index in [2.05, 4.69) is 9.44 Å². The van der Waals surface area contributed by atoms with Crippen LogP contribution >= 0.6 is 0 Å². The maximum Gasteiger partial charge on any atom is 0.277 e. The van der Waals surface area contributed by atoms with E-state index in [9.17, 15) is 8.42 Å². The van der Waals surface area contributed by atoms with Crippen molar-refractivity contribution in [3.63, 3.8) is 0 Å². The van der Waals surface area contributed by atoms with Crippen molar-refractivity contribution in [1.29, 1.82) is 0 Å². The van der Waals surface area contributed by atoms with Gasteiger partial charge in [-0.15, -0.1) is 0 Å². The SMILES string of the molecule is CC(C)(C)NS(=O)(=O)NC1CCC2(CC1)OCCO2. The Hall–Kier alpha value is -0.210. The Labute approximate surface area is 115 Å². The summed E-state index contributed by atoms with van der Waals surface area (Å²) in [5, 5.41) is 0. The lowest BCUT2D eigenvalue weighted by Gasteiger charge is -2.35. The third-order valence-electron chi connectivity index (χ3n) is 3.32. The molecule has 1 saturated carbocycles. The molecule has 0 bridgehead atoms. The first-order valence-corrected chi connectivity index (χ1v) is 8.27. The van der Waals surface area contributed by atoms with Crippen LogP contribution in [0.2, 0.25) is 0 Å². The maximum absolute atomic E-state index is 11.9. The topological polar surface area (TPSA) is 76.7 Å². The Morgan fingerprint density at radius 3 is 2.11 bits per heavy atom. The van der Waals surface area contributed by atoms with Crippen LogP contribution in [0.15, 0.2) is 0 Å². The maximum atomic E-state index is 11.9. The van der Waals surface area contributed by atoms with Gasteiger partial charge in [-0.05, 0) is 33.6 Å². The van der Waals surface area contributed by atoms with E-state index >= 15 is 0 Å². The molecule has 1 aliphatic heterocycles. The van der Waals surface area contributed by atoms with Crippen molar-refractivity contribution >= 4 is 10.2 Å². The second kappa shape index (κ2) is 5.29. The van der Waals surface area contributed by atoms with Gasteiger partial charge < -0.3 is 9.47 Å². The molecule has 7 heteroatoms. The smallest absolute Gasteiger partial charge is 0.277 e. The Kier molecular flexibility index (Phi) is 4.23. The molecule has 2 N–H and O–H groups in total. The quantitative estimate of drug-likeness (QED) is 0.810. The van der Waals surface area contributed by atoms with Crippen LogP contribution in [0.1, 0.15) is 46.5 Å². The molecule has 2 fully saturated rings. The van der Waals surface area contributed by atoms with Gasteiger partial charge in [0.05, 0.1) is 13.2 Å². The van der Waals surface area contributed by atoms with E-state index in [4.69, 9.17) is 9.47 Å². The molecule has 0 aromatic heterocycles. The monoisotopic (exact) mass is 292 g/mol. The highest BCUT2D eigenvalue weighted by molar-refractivity contribution is 7.87. The van der Waals surface area contributed by atoms with Crippen LogP contribution in [0.3, 0.4) is 0 Å². The van der Waals surface area contributed by atoms with Crippen LogP contribution in [-0.2, 0) is 19.7 Å². The summed E-state index contributed by atoms with van der Waals surface area (Å²) in [5.41, 5.74) is -0.473. The minimum Gasteiger partial charge on any atom is -0.348 e. The molecule has 2 aliphatic rings. The molecule has 0 unspecified atom stereocenters. The Morgan fingerprint density at radius 2 is 1.63 bits per heavy atom. The fourth-order valence-corrected chi connectivity index (χ4v) is 4.15. The van der Waals surface area contributed by atoms with Crippen molar-refractivity contribution in [2.45, 2.75) is 63.8 Å². The number of nitrogens with one attached hydrogen (secondary N) is 2. The molecular weight excluding hydrogens is 268 g/mol. The predicted octanol–water partition coefficient (Wildman–Crippen LogP) is 0.895. The first kappa shape index (κ1) is 15.2. The summed E-state index contributed by atoms with van der Waals surface area (Å²) in [4.78, 5) is 0. The lowest BCUT2D eigenvalue weighted by atomic mass is 9.91. The minimum atomic E-state index is -3.46. The lowest BCUT2D eigenvalue weighted by Crippen LogP contribution is -2.51. The van der Waals surface area contributed by atoms with Crippen LogP contribution in [-0.4, -0.2) is 39.0 Å². The van der Waals surface area contributed by atoms with Gasteiger partial charge in [0.15, 0.2) is 5.79 Å². The molecule has 1 aliphatic carbocycles. The molecule has 1 heterocycles. The third kappa shape index (κ3) is 4.39. The van der Waals surface area contributed by atoms with Crippen LogP contribution in [0, 0.1) is 0 Å². The van der Waals surface area contributed by atoms with Gasteiger partial charge in [0.2, 0.25) is 0 Å². The van der Waals surface area contributed by atoms with Crippen LogP contribution < -0.4 is 9.44 Å². The average molecular weight is 292 g/mol. The molecule has 19 heavy (non-hydrogen) atoms. The standard InChI is InChI=1S/C12H24N2O4S/c1-11(2,3)14-19(15,16)13-10-4-6-12(7-5-10)17-8-9-18-12/h10,13-14H,4-9H2,1-3H3. The average Bonchev–Trinajstić information content (AvgIpc) is 2.67. The summed E-state index contributed by atoms with van der Waals surface area (Å²) >= 11 is 0. The Balaban J connectivity index is 1.85.